The molecule has 1 aliphatic carbocycles. The van der Waals surface area contributed by atoms with E-state index in [4.69, 9.17) is 52.6 Å². The Balaban J connectivity index is 1.08. The maximum atomic E-state index is 16.5. The second-order valence-electron chi connectivity index (χ2n) is 34.1. The highest BCUT2D eigenvalue weighted by Gasteiger charge is 2.52. The fourth-order valence-electron chi connectivity index (χ4n) is 16.6. The van der Waals surface area contributed by atoms with Gasteiger partial charge in [-0.1, -0.05) is 106 Å². The molecular formula is C89H113Cl2N11O29. The molecule has 40 nitrogen and oxygen atoms in total. The number of benzene rings is 6. The summed E-state index contributed by atoms with van der Waals surface area (Å²) in [4.78, 5) is 133. The van der Waals surface area contributed by atoms with Gasteiger partial charge in [-0.3, -0.25) is 38.4 Å². The molecule has 27 N–H and O–H groups in total. The van der Waals surface area contributed by atoms with E-state index in [1.165, 1.54) is 19.2 Å². The van der Waals surface area contributed by atoms with Gasteiger partial charge in [0.15, 0.2) is 23.6 Å². The van der Waals surface area contributed by atoms with Crippen LogP contribution in [-0.2, 0) is 72.1 Å². The summed E-state index contributed by atoms with van der Waals surface area (Å²) >= 11 is 14.4. The van der Waals surface area contributed by atoms with Crippen LogP contribution in [0, 0.1) is 11.8 Å². The summed E-state index contributed by atoms with van der Waals surface area (Å²) in [6.45, 7) is 6.75. The van der Waals surface area contributed by atoms with Crippen molar-refractivity contribution < 1.29 is 143 Å². The number of phenolic OH excluding ortho intramolecular Hbond substituents is 3. The Morgan fingerprint density at radius 2 is 1.30 bits per heavy atom. The summed E-state index contributed by atoms with van der Waals surface area (Å²) in [5.74, 6) is -18.5. The molecule has 8 amide bonds. The van der Waals surface area contributed by atoms with Gasteiger partial charge in [0.1, 0.15) is 114 Å². The molecule has 6 aliphatic heterocycles. The molecule has 0 aromatic heterocycles. The SMILES string of the molecule is CCCCCc1ccc(CNC2(C)C[C@H](O[C@@H]3C(O)C(O)[C@@H](CO)O[C@H]3Oc3c4cc5cc3Oc3ccc(cc3Cl)[C@@H](O)[C@@H](NC(=O)[C@@H](CC(C)C)NC)C(=O)N[C@@H](CC(N)=O)C(=O)N[C@H]5C(=O)N[C@@H]3C(=O)N[C@H](C(=O)N[C@H](C(=O)O)c5cc(O)c(CNCCCNC(=O)[C@H](O)[C@@H](O)[C@H](O)[C@H](O)CO)c(O)c5-c5cc3ccc5O)[C@H](O)c3ccc(c(Cl)c3)O4)C[C@@H](C)[C@H]2O)cc1. The molecule has 131 heavy (non-hydrogen) atoms. The smallest absolute Gasteiger partial charge is 0.330 e. The average Bonchev–Trinajstić information content (AvgIpc) is 0.730. The van der Waals surface area contributed by atoms with Crippen LogP contribution in [-0.4, -0.2) is 260 Å². The molecule has 1 saturated carbocycles. The molecule has 3 unspecified atom stereocenters. The molecule has 1 saturated heterocycles. The van der Waals surface area contributed by atoms with E-state index in [1.54, 1.807) is 13.8 Å². The number of aromatic hydroxyl groups is 3. The maximum absolute atomic E-state index is 16.5. The van der Waals surface area contributed by atoms with Gasteiger partial charge >= 0.3 is 5.97 Å². The van der Waals surface area contributed by atoms with Gasteiger partial charge in [0.05, 0.1) is 53.5 Å². The molecule has 22 atom stereocenters. The highest BCUT2D eigenvalue weighted by molar-refractivity contribution is 6.32. The fraction of sp³-hybridized carbons (Fsp3) is 0.494. The zero-order valence-electron chi connectivity index (χ0n) is 72.3. The minimum absolute atomic E-state index is 0.0121. The third-order valence-corrected chi connectivity index (χ3v) is 24.5. The van der Waals surface area contributed by atoms with E-state index < -0.39 is 291 Å². The van der Waals surface area contributed by atoms with Crippen LogP contribution in [0.4, 0.5) is 0 Å². The lowest BCUT2D eigenvalue weighted by molar-refractivity contribution is -0.299. The Morgan fingerprint density at radius 3 is 1.91 bits per heavy atom. The van der Waals surface area contributed by atoms with Gasteiger partial charge in [0.25, 0.3) is 5.91 Å². The average molecular weight is 1870 g/mol. The molecule has 6 aromatic rings. The van der Waals surface area contributed by atoms with Crippen molar-refractivity contribution in [2.75, 3.05) is 33.4 Å². The number of carboxylic acids is 1. The highest BCUT2D eigenvalue weighted by atomic mass is 35.5. The molecule has 712 valence electrons. The number of ether oxygens (including phenoxy) is 5. The number of halogens is 2. The number of carboxylic acid groups (broad SMARTS) is 1. The molecule has 6 heterocycles. The Kier molecular flexibility index (Phi) is 34.0. The van der Waals surface area contributed by atoms with Crippen LogP contribution in [0.3, 0.4) is 0 Å². The van der Waals surface area contributed by atoms with Gasteiger partial charge in [-0.15, -0.1) is 0 Å². The van der Waals surface area contributed by atoms with Gasteiger partial charge in [0.2, 0.25) is 53.4 Å². The first kappa shape index (κ1) is 101. The number of primary amides is 1. The summed E-state index contributed by atoms with van der Waals surface area (Å²) < 4.78 is 33.7. The number of aliphatic carboxylic acids is 1. The number of nitrogens with two attached hydrogens (primary N) is 1. The fourth-order valence-corrected chi connectivity index (χ4v) is 17.0. The number of fused-ring (bicyclic) bond motifs is 15. The number of aryl methyl sites for hydroxylation is 1. The largest absolute Gasteiger partial charge is 0.507 e. The minimum atomic E-state index is -2.42. The molecule has 0 radical (unpaired) electrons. The third-order valence-electron chi connectivity index (χ3n) is 23.9. The third kappa shape index (κ3) is 23.7. The monoisotopic (exact) mass is 1870 g/mol. The molecule has 6 aromatic carbocycles. The van der Waals surface area contributed by atoms with Crippen molar-refractivity contribution >= 4 is 76.4 Å². The molecule has 7 aliphatic rings. The van der Waals surface area contributed by atoms with Gasteiger partial charge in [-0.25, -0.2) is 4.79 Å². The van der Waals surface area contributed by atoms with Crippen LogP contribution in [0.2, 0.25) is 10.0 Å². The number of hydrogen-bond donors (Lipinski definition) is 26. The molecule has 0 spiro atoms. The number of rotatable bonds is 31. The summed E-state index contributed by atoms with van der Waals surface area (Å²) in [5, 5.41) is 195. The van der Waals surface area contributed by atoms with Gasteiger partial charge < -0.3 is 159 Å². The number of carbonyl (C=O) groups excluding carboxylic acids is 8. The first-order valence-electron chi connectivity index (χ1n) is 42.9. The lowest BCUT2D eigenvalue weighted by Gasteiger charge is -2.48. The summed E-state index contributed by atoms with van der Waals surface area (Å²) in [6.07, 6.45) is -21.0. The topological polar surface area (TPSA) is 650 Å². The van der Waals surface area contributed by atoms with Crippen molar-refractivity contribution in [3.8, 4) is 57.1 Å². The lowest BCUT2D eigenvalue weighted by Crippen LogP contribution is -2.64. The molecular weight excluding hydrogens is 1760 g/mol. The van der Waals surface area contributed by atoms with Gasteiger partial charge in [0, 0.05) is 41.9 Å². The first-order chi connectivity index (χ1) is 62.2. The van der Waals surface area contributed by atoms with Gasteiger partial charge in [-0.2, -0.15) is 0 Å². The van der Waals surface area contributed by atoms with E-state index in [9.17, 15) is 95.8 Å². The van der Waals surface area contributed by atoms with Crippen LogP contribution in [0.25, 0.3) is 11.1 Å². The number of phenols is 3. The standard InChI is InChI=1S/C89H113Cl2N11O29/c1-7-8-9-11-40-12-14-41(15-13-40)34-96-89(5)33-46(25-39(4)79(89)117)127-78-75(115)73(113)61(37-104)130-88(78)131-77-59-29-45-30-60(77)129-58-21-18-44(28-51(58)91)70(110)68-85(123)100-66(87(125)126)48-31-55(106)49(35-94-22-10-23-95-86(124)76(116)74(114)72(112)56(107)36-103)71(111)63(48)47-26-42(16-19-54(47)105)64(82(120)102-68)99-83(121)65(45)98-81(119)53(32-62(92)108)97-84(122)67(101-80(118)52(93-6)24-38(2)3)69(109)43-17-20-57(128-59)50(90)27-43/h12-21,26-31,38-39,46,52-53,56,61,64-70,72-76,78-79,88,93-94,96,103-107,109-117H,7-11,22-25,32-37H2,1-6H3,(H2,92,108)(H,95,124)(H,97,122)(H,98,119)(H,99,121)(H,100,123)(H,101,118)(H,102,120)(H,125,126)/t39-,46-,52-,53+,56-,61-,64+,65-,66+,67-,68+,69-,70-,72-,73?,74+,75?,76-,78-,79-,88+,89?/m1/s1. The summed E-state index contributed by atoms with van der Waals surface area (Å²) in [5.41, 5.74) is 2.99. The Labute approximate surface area is 761 Å². The zero-order valence-corrected chi connectivity index (χ0v) is 73.8. The molecule has 11 bridgehead atoms. The van der Waals surface area contributed by atoms with E-state index in [0.717, 1.165) is 97.5 Å². The second-order valence-corrected chi connectivity index (χ2v) is 34.9. The molecule has 42 heteroatoms. The van der Waals surface area contributed by atoms with E-state index >= 15 is 24.0 Å². The minimum Gasteiger partial charge on any atom is -0.507 e. The van der Waals surface area contributed by atoms with Crippen molar-refractivity contribution in [3.63, 3.8) is 0 Å². The quantitative estimate of drug-likeness (QED) is 0.0261. The van der Waals surface area contributed by atoms with Crippen molar-refractivity contribution in [2.24, 2.45) is 17.6 Å². The van der Waals surface area contributed by atoms with E-state index in [1.807, 2.05) is 38.1 Å². The zero-order chi connectivity index (χ0) is 95.5. The number of unbranched alkanes of at least 4 members (excludes halogenated alkanes) is 2. The van der Waals surface area contributed by atoms with Crippen molar-refractivity contribution in [2.45, 2.75) is 233 Å². The van der Waals surface area contributed by atoms with E-state index in [-0.39, 0.29) is 66.6 Å². The Bertz CT molecular complexity index is 5140. The second kappa shape index (κ2) is 44.2. The van der Waals surface area contributed by atoms with Crippen LogP contribution in [0.1, 0.15) is 161 Å². The predicted octanol–water partition coefficient (Wildman–Crippen LogP) is 0.365. The number of aliphatic hydroxyl groups is 11. The van der Waals surface area contributed by atoms with Crippen molar-refractivity contribution in [3.05, 3.63) is 152 Å². The Hall–Kier alpha value is -10.7. The number of amides is 8. The maximum Gasteiger partial charge on any atom is 0.330 e. The number of hydrogen-bond acceptors (Lipinski definition) is 31. The van der Waals surface area contributed by atoms with Crippen LogP contribution in [0.5, 0.6) is 46.0 Å². The predicted molar refractivity (Wildman–Crippen MR) is 465 cm³/mol. The number of nitrogens with one attached hydrogen (secondary N) is 10. The number of likely N-dealkylation sites (N-methyl/N-ethyl adjacent to an activating group) is 1. The van der Waals surface area contributed by atoms with Crippen LogP contribution >= 0.6 is 23.2 Å². The summed E-state index contributed by atoms with van der Waals surface area (Å²) in [6, 6.07) is 5.91. The Morgan fingerprint density at radius 1 is 0.672 bits per heavy atom. The highest BCUT2D eigenvalue weighted by Crippen LogP contribution is 2.51. The number of aliphatic hydroxyl groups excluding tert-OH is 11. The molecule has 13 rings (SSSR count). The van der Waals surface area contributed by atoms with Crippen molar-refractivity contribution in [1.29, 1.82) is 0 Å². The van der Waals surface area contributed by atoms with Gasteiger partial charge in [-0.05, 0) is 159 Å². The van der Waals surface area contributed by atoms with Crippen LogP contribution in [0.15, 0.2) is 97.1 Å². The first-order valence-corrected chi connectivity index (χ1v) is 43.6. The van der Waals surface area contributed by atoms with E-state index in [2.05, 4.69) is 60.1 Å². The normalized spacial score (nSPS) is 26.4. The van der Waals surface area contributed by atoms with Crippen molar-refractivity contribution in [1.82, 2.24) is 53.2 Å². The lowest BCUT2D eigenvalue weighted by atomic mass is 9.73. The number of carbonyl (C=O) groups is 9. The van der Waals surface area contributed by atoms with Crippen LogP contribution < -0.4 is 73.1 Å². The summed E-state index contributed by atoms with van der Waals surface area (Å²) in [7, 11) is 1.47. The molecule has 2 fully saturated rings. The van der Waals surface area contributed by atoms with E-state index in [0.29, 0.717) is 6.54 Å².